The fraction of sp³-hybridized carbons (Fsp3) is 0.519. The minimum Gasteiger partial charge on any atom is -0.475 e. The lowest BCUT2D eigenvalue weighted by molar-refractivity contribution is -0.944. The van der Waals surface area contributed by atoms with Gasteiger partial charge in [0.15, 0.2) is 6.04 Å². The van der Waals surface area contributed by atoms with Crippen molar-refractivity contribution in [1.82, 2.24) is 13.7 Å². The Bertz CT molecular complexity index is 1190. The lowest BCUT2D eigenvalue weighted by atomic mass is 10.0. The third kappa shape index (κ3) is 6.14. The van der Waals surface area contributed by atoms with Gasteiger partial charge >= 0.3 is 5.97 Å². The van der Waals surface area contributed by atoms with Crippen molar-refractivity contribution in [3.63, 3.8) is 0 Å². The van der Waals surface area contributed by atoms with Crippen molar-refractivity contribution in [2.45, 2.75) is 64.6 Å². The van der Waals surface area contributed by atoms with E-state index in [9.17, 15) is 4.79 Å². The van der Waals surface area contributed by atoms with Crippen LogP contribution in [0.15, 0.2) is 36.5 Å². The molecule has 1 aliphatic rings. The van der Waals surface area contributed by atoms with Crippen LogP contribution in [0.5, 0.6) is 5.88 Å². The van der Waals surface area contributed by atoms with Crippen LogP contribution in [-0.2, 0) is 16.0 Å². The Morgan fingerprint density at radius 1 is 1.25 bits per heavy atom. The quantitative estimate of drug-likeness (QED) is 0.217. The van der Waals surface area contributed by atoms with Crippen LogP contribution in [0.1, 0.15) is 57.2 Å². The number of ether oxygens (including phenoxy) is 2. The van der Waals surface area contributed by atoms with E-state index in [4.69, 9.17) is 9.47 Å². The maximum Gasteiger partial charge on any atom is 0.369 e. The number of hydrogen-bond donors (Lipinski definition) is 2. The second-order valence-corrected chi connectivity index (χ2v) is 10.5. The van der Waals surface area contributed by atoms with E-state index in [1.54, 1.807) is 0 Å². The van der Waals surface area contributed by atoms with Gasteiger partial charge in [-0.15, -0.1) is 4.37 Å². The molecular weight excluding hydrogens is 474 g/mol. The van der Waals surface area contributed by atoms with E-state index in [0.29, 0.717) is 29.9 Å². The molecule has 36 heavy (non-hydrogen) atoms. The van der Waals surface area contributed by atoms with Crippen molar-refractivity contribution in [2.75, 3.05) is 26.7 Å². The van der Waals surface area contributed by atoms with E-state index in [0.717, 1.165) is 53.5 Å². The monoisotopic (exact) mass is 513 g/mol. The number of hydrogen-bond acceptors (Lipinski definition) is 6. The van der Waals surface area contributed by atoms with Crippen molar-refractivity contribution in [2.24, 2.45) is 0 Å². The SMILES string of the molecule is CCCCCCOc1nsnc1C1=CCC[N+](C)([C@H](C)OC(=O)[C@@H]([NH3+])Cc2c[nH]c3ccccc23)C1. The number of quaternary nitrogens is 2. The molecule has 1 aliphatic heterocycles. The fourth-order valence-electron chi connectivity index (χ4n) is 4.76. The van der Waals surface area contributed by atoms with E-state index in [-0.39, 0.29) is 12.2 Å². The van der Waals surface area contributed by atoms with Gasteiger partial charge in [-0.1, -0.05) is 50.5 Å². The second kappa shape index (κ2) is 12.0. The number of fused-ring (bicyclic) bond motifs is 1. The third-order valence-electron chi connectivity index (χ3n) is 7.20. The Kier molecular flexibility index (Phi) is 8.77. The number of carbonyl (C=O) groups is 1. The minimum absolute atomic E-state index is 0.269. The number of aromatic amines is 1. The molecule has 0 radical (unpaired) electrons. The normalized spacial score (nSPS) is 19.6. The number of esters is 1. The van der Waals surface area contributed by atoms with Gasteiger partial charge in [0.05, 0.1) is 31.9 Å². The summed E-state index contributed by atoms with van der Waals surface area (Å²) in [5, 5.41) is 1.12. The number of aromatic nitrogens is 3. The van der Waals surface area contributed by atoms with E-state index in [1.165, 1.54) is 24.6 Å². The molecule has 0 saturated heterocycles. The maximum absolute atomic E-state index is 13.0. The number of rotatable bonds is 12. The van der Waals surface area contributed by atoms with Crippen LogP contribution in [0, 0.1) is 0 Å². The lowest BCUT2D eigenvalue weighted by Crippen LogP contribution is -2.67. The molecule has 9 heteroatoms. The van der Waals surface area contributed by atoms with E-state index in [2.05, 4.69) is 45.6 Å². The Balaban J connectivity index is 1.35. The Labute approximate surface area is 217 Å². The van der Waals surface area contributed by atoms with Crippen LogP contribution in [0.3, 0.4) is 0 Å². The van der Waals surface area contributed by atoms with E-state index < -0.39 is 6.04 Å². The van der Waals surface area contributed by atoms with Crippen molar-refractivity contribution in [3.8, 4) is 5.88 Å². The highest BCUT2D eigenvalue weighted by Crippen LogP contribution is 2.31. The lowest BCUT2D eigenvalue weighted by Gasteiger charge is -2.41. The largest absolute Gasteiger partial charge is 0.475 e. The number of unbranched alkanes of at least 4 members (excludes halogenated alkanes) is 3. The van der Waals surface area contributed by atoms with Gasteiger partial charge in [0.1, 0.15) is 12.2 Å². The second-order valence-electron chi connectivity index (χ2n) is 10.0. The molecule has 4 rings (SSSR count). The average Bonchev–Trinajstić information content (AvgIpc) is 3.51. The molecule has 194 valence electrons. The van der Waals surface area contributed by atoms with E-state index >= 15 is 0 Å². The average molecular weight is 514 g/mol. The van der Waals surface area contributed by atoms with Gasteiger partial charge in [0, 0.05) is 42.4 Å². The first-order valence-electron chi connectivity index (χ1n) is 13.0. The summed E-state index contributed by atoms with van der Waals surface area (Å²) in [5.74, 6) is 0.354. The Morgan fingerprint density at radius 2 is 2.08 bits per heavy atom. The predicted molar refractivity (Wildman–Crippen MR) is 142 cm³/mol. The van der Waals surface area contributed by atoms with Crippen LogP contribution >= 0.6 is 11.7 Å². The number of carbonyl (C=O) groups excluding carboxylic acids is 1. The zero-order valence-electron chi connectivity index (χ0n) is 21.7. The molecule has 0 fully saturated rings. The van der Waals surface area contributed by atoms with Crippen LogP contribution in [0.2, 0.25) is 0 Å². The Hall–Kier alpha value is -2.75. The van der Waals surface area contributed by atoms with Crippen molar-refractivity contribution in [3.05, 3.63) is 47.8 Å². The summed E-state index contributed by atoms with van der Waals surface area (Å²) in [6.07, 6.45) is 9.90. The molecule has 1 unspecified atom stereocenters. The third-order valence-corrected chi connectivity index (χ3v) is 7.71. The van der Waals surface area contributed by atoms with Gasteiger partial charge in [-0.05, 0) is 18.1 Å². The first-order chi connectivity index (χ1) is 17.4. The standard InChI is InChI=1S/C27H38N5O3S/c1-4-5-6-9-15-34-26-25(30-36-31-26)20-11-10-14-32(3,18-20)19(2)35-27(33)23(28)16-21-17-29-24-13-8-7-12-22(21)24/h7-8,11-13,17,19,23,29H,4-6,9-10,14-16,18,28H2,1-3H3/q+1/p+1/t19-,23-,32?/m0/s1. The van der Waals surface area contributed by atoms with E-state index in [1.807, 2.05) is 31.3 Å². The molecule has 0 amide bonds. The smallest absolute Gasteiger partial charge is 0.369 e. The topological polar surface area (TPSA) is 105 Å². The number of benzene rings is 1. The van der Waals surface area contributed by atoms with Crippen LogP contribution in [0.25, 0.3) is 16.5 Å². The first-order valence-corrected chi connectivity index (χ1v) is 13.7. The van der Waals surface area contributed by atoms with Gasteiger partial charge in [0.2, 0.25) is 6.23 Å². The summed E-state index contributed by atoms with van der Waals surface area (Å²) in [6, 6.07) is 7.62. The van der Waals surface area contributed by atoms with Gasteiger partial charge in [-0.3, -0.25) is 4.48 Å². The van der Waals surface area contributed by atoms with Crippen molar-refractivity contribution >= 4 is 34.2 Å². The van der Waals surface area contributed by atoms with Gasteiger partial charge in [-0.25, -0.2) is 4.79 Å². The highest BCUT2D eigenvalue weighted by atomic mass is 32.1. The number of para-hydroxylation sites is 1. The molecule has 3 aromatic rings. The molecular formula is C27H39N5O3S+2. The molecule has 8 nitrogen and oxygen atoms in total. The van der Waals surface area contributed by atoms with Gasteiger partial charge in [-0.2, -0.15) is 4.37 Å². The van der Waals surface area contributed by atoms with Crippen LogP contribution in [-0.4, -0.2) is 63.2 Å². The zero-order valence-corrected chi connectivity index (χ0v) is 22.5. The molecule has 4 N–H and O–H groups in total. The first kappa shape index (κ1) is 26.3. The summed E-state index contributed by atoms with van der Waals surface area (Å²) in [6.45, 7) is 6.42. The molecule has 0 saturated carbocycles. The molecule has 3 heterocycles. The summed E-state index contributed by atoms with van der Waals surface area (Å²) in [4.78, 5) is 16.3. The maximum atomic E-state index is 13.0. The molecule has 0 aliphatic carbocycles. The van der Waals surface area contributed by atoms with Crippen LogP contribution < -0.4 is 10.5 Å². The highest BCUT2D eigenvalue weighted by Gasteiger charge is 2.38. The minimum atomic E-state index is -0.478. The van der Waals surface area contributed by atoms with Gasteiger partial charge < -0.3 is 20.2 Å². The molecule has 1 aromatic carbocycles. The number of nitrogens with zero attached hydrogens (tertiary/aromatic N) is 3. The van der Waals surface area contributed by atoms with Crippen molar-refractivity contribution < 1.29 is 24.5 Å². The number of nitrogens with one attached hydrogen (secondary N) is 1. The van der Waals surface area contributed by atoms with Crippen molar-refractivity contribution in [1.29, 1.82) is 0 Å². The molecule has 2 aromatic heterocycles. The number of likely N-dealkylation sites (N-methyl/N-ethyl adjacent to an activating group) is 1. The van der Waals surface area contributed by atoms with Gasteiger partial charge in [0.25, 0.3) is 5.88 Å². The summed E-state index contributed by atoms with van der Waals surface area (Å²) in [7, 11) is 2.13. The summed E-state index contributed by atoms with van der Waals surface area (Å²) < 4.78 is 21.5. The predicted octanol–water partition coefficient (Wildman–Crippen LogP) is 3.95. The number of H-pyrrole nitrogens is 1. The highest BCUT2D eigenvalue weighted by molar-refractivity contribution is 6.99. The summed E-state index contributed by atoms with van der Waals surface area (Å²) in [5.41, 5.74) is 8.19. The zero-order chi connectivity index (χ0) is 25.5. The van der Waals surface area contributed by atoms with Crippen LogP contribution in [0.4, 0.5) is 0 Å². The summed E-state index contributed by atoms with van der Waals surface area (Å²) >= 11 is 1.18. The molecule has 0 bridgehead atoms. The Morgan fingerprint density at radius 3 is 2.92 bits per heavy atom. The molecule has 0 spiro atoms. The fourth-order valence-corrected chi connectivity index (χ4v) is 5.29. The molecule has 3 atom stereocenters.